The summed E-state index contributed by atoms with van der Waals surface area (Å²) in [5.74, 6) is -0.178. The fraction of sp³-hybridized carbons (Fsp3) is 0.750. The monoisotopic (exact) mass is 281 g/mol. The summed E-state index contributed by atoms with van der Waals surface area (Å²) < 4.78 is 1.58. The van der Waals surface area contributed by atoms with Gasteiger partial charge in [0.05, 0.1) is 12.7 Å². The van der Waals surface area contributed by atoms with Crippen LogP contribution in [0.1, 0.15) is 10.5 Å². The van der Waals surface area contributed by atoms with E-state index in [-0.39, 0.29) is 5.91 Å². The normalized spacial score (nSPS) is 17.3. The van der Waals surface area contributed by atoms with Crippen LogP contribution >= 0.6 is 0 Å². The Labute approximate surface area is 118 Å². The number of nitrogens with one attached hydrogen (secondary N) is 1. The maximum atomic E-state index is 11.9. The van der Waals surface area contributed by atoms with Crippen molar-refractivity contribution in [1.82, 2.24) is 30.1 Å². The zero-order valence-electron chi connectivity index (χ0n) is 12.0. The smallest absolute Gasteiger partial charge is 0.273 e. The molecule has 3 N–H and O–H groups in total. The molecule has 8 nitrogen and oxygen atoms in total. The standard InChI is InChI=1S/C12H23N7O/c1-17-6-8-18(9-7-17)5-3-14-12(20)11-10-19(4-2-13)16-15-11/h10H,2-9,13H2,1H3,(H,14,20). The number of piperazine rings is 1. The molecule has 1 amide bonds. The van der Waals surface area contributed by atoms with Crippen molar-refractivity contribution in [3.8, 4) is 0 Å². The highest BCUT2D eigenvalue weighted by atomic mass is 16.2. The Balaban J connectivity index is 1.69. The second kappa shape index (κ2) is 7.32. The summed E-state index contributed by atoms with van der Waals surface area (Å²) in [5.41, 5.74) is 5.76. The van der Waals surface area contributed by atoms with Gasteiger partial charge < -0.3 is 16.0 Å². The first-order valence-electron chi connectivity index (χ1n) is 6.98. The van der Waals surface area contributed by atoms with E-state index >= 15 is 0 Å². The van der Waals surface area contributed by atoms with Gasteiger partial charge in [-0.25, -0.2) is 0 Å². The molecule has 0 atom stereocenters. The van der Waals surface area contributed by atoms with Crippen LogP contribution < -0.4 is 11.1 Å². The number of hydrogen-bond donors (Lipinski definition) is 2. The molecule has 1 aliphatic rings. The predicted octanol–water partition coefficient (Wildman–Crippen LogP) is -1.79. The van der Waals surface area contributed by atoms with E-state index in [2.05, 4.69) is 32.5 Å². The number of amides is 1. The van der Waals surface area contributed by atoms with Crippen molar-refractivity contribution < 1.29 is 4.79 Å². The van der Waals surface area contributed by atoms with Crippen molar-refractivity contribution in [1.29, 1.82) is 0 Å². The Morgan fingerprint density at radius 1 is 1.35 bits per heavy atom. The van der Waals surface area contributed by atoms with E-state index < -0.39 is 0 Å². The van der Waals surface area contributed by atoms with Gasteiger partial charge in [0.25, 0.3) is 5.91 Å². The molecule has 1 fully saturated rings. The van der Waals surface area contributed by atoms with Gasteiger partial charge in [-0.05, 0) is 7.05 Å². The number of aromatic nitrogens is 3. The first-order valence-corrected chi connectivity index (χ1v) is 6.98. The zero-order valence-corrected chi connectivity index (χ0v) is 12.0. The lowest BCUT2D eigenvalue weighted by molar-refractivity contribution is 0.0936. The Bertz CT molecular complexity index is 425. The minimum absolute atomic E-state index is 0.178. The van der Waals surface area contributed by atoms with E-state index in [0.29, 0.717) is 25.3 Å². The van der Waals surface area contributed by atoms with E-state index in [1.165, 1.54) is 0 Å². The topological polar surface area (TPSA) is 92.3 Å². The number of carbonyl (C=O) groups is 1. The van der Waals surface area contributed by atoms with E-state index in [9.17, 15) is 4.79 Å². The molecule has 1 aliphatic heterocycles. The van der Waals surface area contributed by atoms with E-state index in [1.807, 2.05) is 0 Å². The molecule has 2 rings (SSSR count). The van der Waals surface area contributed by atoms with Crippen LogP contribution in [0, 0.1) is 0 Å². The lowest BCUT2D eigenvalue weighted by Crippen LogP contribution is -2.46. The molecule has 8 heteroatoms. The van der Waals surface area contributed by atoms with Gasteiger partial charge in [0, 0.05) is 45.8 Å². The Morgan fingerprint density at radius 3 is 2.80 bits per heavy atom. The van der Waals surface area contributed by atoms with Gasteiger partial charge in [0.15, 0.2) is 5.69 Å². The third-order valence-corrected chi connectivity index (χ3v) is 3.44. The summed E-state index contributed by atoms with van der Waals surface area (Å²) in [7, 11) is 2.13. The van der Waals surface area contributed by atoms with Crippen molar-refractivity contribution in [3.05, 3.63) is 11.9 Å². The highest BCUT2D eigenvalue weighted by Crippen LogP contribution is 1.98. The van der Waals surface area contributed by atoms with Gasteiger partial charge in [0.1, 0.15) is 0 Å². The summed E-state index contributed by atoms with van der Waals surface area (Å²) in [6.45, 7) is 6.83. The molecule has 0 saturated carbocycles. The molecular weight excluding hydrogens is 258 g/mol. The van der Waals surface area contributed by atoms with Gasteiger partial charge >= 0.3 is 0 Å². The SMILES string of the molecule is CN1CCN(CCNC(=O)c2cn(CCN)nn2)CC1. The van der Waals surface area contributed by atoms with Gasteiger partial charge in [-0.2, -0.15) is 0 Å². The highest BCUT2D eigenvalue weighted by Gasteiger charge is 2.14. The van der Waals surface area contributed by atoms with Gasteiger partial charge in [-0.15, -0.1) is 5.10 Å². The van der Waals surface area contributed by atoms with Crippen LogP contribution in [0.3, 0.4) is 0 Å². The van der Waals surface area contributed by atoms with Crippen molar-refractivity contribution in [3.63, 3.8) is 0 Å². The molecule has 0 unspecified atom stereocenters. The van der Waals surface area contributed by atoms with Gasteiger partial charge in [-0.1, -0.05) is 5.21 Å². The molecule has 1 aromatic heterocycles. The lowest BCUT2D eigenvalue weighted by atomic mass is 10.3. The Morgan fingerprint density at radius 2 is 2.10 bits per heavy atom. The average molecular weight is 281 g/mol. The van der Waals surface area contributed by atoms with Crippen LogP contribution in [0.2, 0.25) is 0 Å². The second-order valence-electron chi connectivity index (χ2n) is 5.06. The van der Waals surface area contributed by atoms with Crippen LogP contribution in [-0.2, 0) is 6.54 Å². The highest BCUT2D eigenvalue weighted by molar-refractivity contribution is 5.91. The molecule has 0 spiro atoms. The van der Waals surface area contributed by atoms with Crippen LogP contribution in [0.15, 0.2) is 6.20 Å². The third-order valence-electron chi connectivity index (χ3n) is 3.44. The van der Waals surface area contributed by atoms with Crippen molar-refractivity contribution in [2.24, 2.45) is 5.73 Å². The summed E-state index contributed by atoms with van der Waals surface area (Å²) in [5, 5.41) is 10.5. The van der Waals surface area contributed by atoms with E-state index in [1.54, 1.807) is 10.9 Å². The molecule has 20 heavy (non-hydrogen) atoms. The summed E-state index contributed by atoms with van der Waals surface area (Å²) in [4.78, 5) is 16.5. The van der Waals surface area contributed by atoms with Crippen LogP contribution in [-0.4, -0.2) is 83.6 Å². The molecule has 1 aromatic rings. The Kier molecular flexibility index (Phi) is 5.45. The molecule has 0 aliphatic carbocycles. The lowest BCUT2D eigenvalue weighted by Gasteiger charge is -2.32. The van der Waals surface area contributed by atoms with Gasteiger partial charge in [-0.3, -0.25) is 14.4 Å². The molecule has 0 bridgehead atoms. The molecule has 112 valence electrons. The largest absolute Gasteiger partial charge is 0.349 e. The number of rotatable bonds is 6. The average Bonchev–Trinajstić information content (AvgIpc) is 2.90. The molecule has 0 aromatic carbocycles. The van der Waals surface area contributed by atoms with Crippen molar-refractivity contribution in [2.75, 3.05) is 52.9 Å². The Hall–Kier alpha value is -1.51. The minimum Gasteiger partial charge on any atom is -0.349 e. The van der Waals surface area contributed by atoms with Crippen LogP contribution in [0.4, 0.5) is 0 Å². The van der Waals surface area contributed by atoms with Crippen molar-refractivity contribution in [2.45, 2.75) is 6.54 Å². The van der Waals surface area contributed by atoms with E-state index in [0.717, 1.165) is 32.7 Å². The maximum absolute atomic E-state index is 11.9. The third kappa shape index (κ3) is 4.26. The van der Waals surface area contributed by atoms with E-state index in [4.69, 9.17) is 5.73 Å². The number of hydrogen-bond acceptors (Lipinski definition) is 6. The quantitative estimate of drug-likeness (QED) is 0.640. The van der Waals surface area contributed by atoms with Crippen molar-refractivity contribution >= 4 is 5.91 Å². The fourth-order valence-electron chi connectivity index (χ4n) is 2.13. The first kappa shape index (κ1) is 14.9. The predicted molar refractivity (Wildman–Crippen MR) is 75.3 cm³/mol. The summed E-state index contributed by atoms with van der Waals surface area (Å²) in [6.07, 6.45) is 1.62. The molecule has 2 heterocycles. The zero-order chi connectivity index (χ0) is 14.4. The fourth-order valence-corrected chi connectivity index (χ4v) is 2.13. The molecule has 0 radical (unpaired) electrons. The number of nitrogens with zero attached hydrogens (tertiary/aromatic N) is 5. The summed E-state index contributed by atoms with van der Waals surface area (Å²) >= 11 is 0. The first-order chi connectivity index (χ1) is 9.69. The number of carbonyl (C=O) groups excluding carboxylic acids is 1. The maximum Gasteiger partial charge on any atom is 0.273 e. The van der Waals surface area contributed by atoms with Crippen LogP contribution in [0.5, 0.6) is 0 Å². The summed E-state index contributed by atoms with van der Waals surface area (Å²) in [6, 6.07) is 0. The van der Waals surface area contributed by atoms with Crippen LogP contribution in [0.25, 0.3) is 0 Å². The molecule has 1 saturated heterocycles. The number of likely N-dealkylation sites (N-methyl/N-ethyl adjacent to an activating group) is 1. The second-order valence-corrected chi connectivity index (χ2v) is 5.06. The van der Waals surface area contributed by atoms with Gasteiger partial charge in [0.2, 0.25) is 0 Å². The minimum atomic E-state index is -0.178. The molecular formula is C12H23N7O. The number of nitrogens with two attached hydrogens (primary N) is 1.